The minimum absolute atomic E-state index is 0.416. The van der Waals surface area contributed by atoms with Crippen LogP contribution >= 0.6 is 0 Å². The maximum Gasteiger partial charge on any atom is 0.416 e. The highest BCUT2D eigenvalue weighted by Crippen LogP contribution is 2.34. The van der Waals surface area contributed by atoms with E-state index in [1.807, 2.05) is 24.3 Å². The van der Waals surface area contributed by atoms with E-state index in [1.54, 1.807) is 4.90 Å². The predicted molar refractivity (Wildman–Crippen MR) is 104 cm³/mol. The molecule has 2 aromatic rings. The Kier molecular flexibility index (Phi) is 6.05. The number of alkyl halides is 3. The van der Waals surface area contributed by atoms with Crippen LogP contribution in [0.15, 0.2) is 53.5 Å². The largest absolute Gasteiger partial charge is 0.416 e. The Morgan fingerprint density at radius 1 is 1.04 bits per heavy atom. The van der Waals surface area contributed by atoms with Gasteiger partial charge in [-0.3, -0.25) is 0 Å². The fraction of sp³-hybridized carbons (Fsp3) is 0.381. The fourth-order valence-corrected chi connectivity index (χ4v) is 3.35. The molecule has 0 spiro atoms. The number of nitrogens with zero attached hydrogens (tertiary/aromatic N) is 3. The Labute approximate surface area is 162 Å². The quantitative estimate of drug-likeness (QED) is 0.792. The molecule has 1 atom stereocenters. The molecule has 4 nitrogen and oxygen atoms in total. The number of amidine groups is 1. The van der Waals surface area contributed by atoms with Crippen molar-refractivity contribution in [1.29, 1.82) is 0 Å². The van der Waals surface area contributed by atoms with Crippen molar-refractivity contribution in [3.8, 4) is 0 Å². The van der Waals surface area contributed by atoms with E-state index in [9.17, 15) is 18.3 Å². The minimum atomic E-state index is -4.38. The van der Waals surface area contributed by atoms with Gasteiger partial charge in [0.15, 0.2) is 6.23 Å². The number of likely N-dealkylation sites (N-methyl/N-ethyl adjacent to an activating group) is 1. The Balaban J connectivity index is 1.93. The van der Waals surface area contributed by atoms with Crippen LogP contribution in [0.3, 0.4) is 0 Å². The van der Waals surface area contributed by atoms with Crippen LogP contribution in [-0.2, 0) is 6.18 Å². The number of benzene rings is 2. The van der Waals surface area contributed by atoms with Crippen LogP contribution in [0.1, 0.15) is 36.8 Å². The molecule has 0 fully saturated rings. The highest BCUT2D eigenvalue weighted by molar-refractivity contribution is 6.04. The molecule has 0 bridgehead atoms. The first-order chi connectivity index (χ1) is 13.3. The zero-order valence-corrected chi connectivity index (χ0v) is 15.9. The number of hydrogen-bond acceptors (Lipinski definition) is 3. The number of halogens is 3. The Morgan fingerprint density at radius 2 is 1.68 bits per heavy atom. The highest BCUT2D eigenvalue weighted by atomic mass is 19.4. The summed E-state index contributed by atoms with van der Waals surface area (Å²) in [5.41, 5.74) is 1.27. The van der Waals surface area contributed by atoms with Crippen LogP contribution in [0.25, 0.3) is 0 Å². The molecule has 1 unspecified atom stereocenters. The molecular weight excluding hydrogens is 367 g/mol. The van der Waals surface area contributed by atoms with E-state index in [0.717, 1.165) is 42.9 Å². The first-order valence-corrected chi connectivity index (χ1v) is 9.37. The minimum Gasteiger partial charge on any atom is -0.369 e. The first-order valence-electron chi connectivity index (χ1n) is 9.37. The standard InChI is InChI=1S/C21H24F3N3O/c1-3-26(4-2)13-14-27-19(17-7-5-6-8-18(17)20(27)28)25-16-11-9-15(10-12-16)21(22,23)24/h5-12,20,28H,3-4,13-14H2,1-2H3. The maximum absolute atomic E-state index is 12.8. The van der Waals surface area contributed by atoms with Gasteiger partial charge in [0.1, 0.15) is 5.84 Å². The van der Waals surface area contributed by atoms with Crippen LogP contribution in [0.2, 0.25) is 0 Å². The lowest BCUT2D eigenvalue weighted by Gasteiger charge is -2.27. The molecule has 3 rings (SSSR count). The summed E-state index contributed by atoms with van der Waals surface area (Å²) in [6.45, 7) is 7.28. The zero-order chi connectivity index (χ0) is 20.3. The molecule has 1 aliphatic rings. The second-order valence-electron chi connectivity index (χ2n) is 6.66. The van der Waals surface area contributed by atoms with Crippen molar-refractivity contribution in [3.05, 3.63) is 65.2 Å². The van der Waals surface area contributed by atoms with Crippen LogP contribution in [0.4, 0.5) is 18.9 Å². The Bertz CT molecular complexity index is 830. The first kappa shape index (κ1) is 20.4. The van der Waals surface area contributed by atoms with Gasteiger partial charge >= 0.3 is 6.18 Å². The van der Waals surface area contributed by atoms with Gasteiger partial charge in [0.25, 0.3) is 0 Å². The third kappa shape index (κ3) is 4.20. The molecule has 0 aromatic heterocycles. The Morgan fingerprint density at radius 3 is 2.29 bits per heavy atom. The molecule has 1 heterocycles. The summed E-state index contributed by atoms with van der Waals surface area (Å²) in [4.78, 5) is 8.63. The number of fused-ring (bicyclic) bond motifs is 1. The summed E-state index contributed by atoms with van der Waals surface area (Å²) in [7, 11) is 0. The van der Waals surface area contributed by atoms with E-state index in [-0.39, 0.29) is 0 Å². The Hall–Kier alpha value is -2.38. The number of rotatable bonds is 6. The molecule has 0 radical (unpaired) electrons. The monoisotopic (exact) mass is 391 g/mol. The third-order valence-corrected chi connectivity index (χ3v) is 5.03. The number of aliphatic imine (C=N–C) groups is 1. The molecular formula is C21H24F3N3O. The second-order valence-corrected chi connectivity index (χ2v) is 6.66. The lowest BCUT2D eigenvalue weighted by atomic mass is 10.1. The molecule has 0 saturated carbocycles. The van der Waals surface area contributed by atoms with Gasteiger partial charge in [0.2, 0.25) is 0 Å². The summed E-state index contributed by atoms with van der Waals surface area (Å²) in [6.07, 6.45) is -5.20. The van der Waals surface area contributed by atoms with Crippen LogP contribution < -0.4 is 0 Å². The van der Waals surface area contributed by atoms with Gasteiger partial charge in [0.05, 0.1) is 11.3 Å². The van der Waals surface area contributed by atoms with Crippen molar-refractivity contribution in [2.75, 3.05) is 26.2 Å². The van der Waals surface area contributed by atoms with Gasteiger partial charge < -0.3 is 14.9 Å². The van der Waals surface area contributed by atoms with Gasteiger partial charge in [-0.2, -0.15) is 13.2 Å². The molecule has 2 aromatic carbocycles. The predicted octanol–water partition coefficient (Wildman–Crippen LogP) is 4.43. The normalized spacial score (nSPS) is 18.2. The van der Waals surface area contributed by atoms with Crippen LogP contribution in [0, 0.1) is 0 Å². The van der Waals surface area contributed by atoms with Gasteiger partial charge in [-0.1, -0.05) is 38.1 Å². The average Bonchev–Trinajstić information content (AvgIpc) is 2.94. The van der Waals surface area contributed by atoms with E-state index >= 15 is 0 Å². The second kappa shape index (κ2) is 8.32. The number of aliphatic hydroxyl groups excluding tert-OH is 1. The van der Waals surface area contributed by atoms with Crippen molar-refractivity contribution in [2.45, 2.75) is 26.3 Å². The smallest absolute Gasteiger partial charge is 0.369 e. The third-order valence-electron chi connectivity index (χ3n) is 5.03. The summed E-state index contributed by atoms with van der Waals surface area (Å²) in [6, 6.07) is 12.2. The van der Waals surface area contributed by atoms with E-state index in [0.29, 0.717) is 18.1 Å². The lowest BCUT2D eigenvalue weighted by Crippen LogP contribution is -2.37. The summed E-state index contributed by atoms with van der Waals surface area (Å²) in [5, 5.41) is 10.8. The molecule has 1 aliphatic heterocycles. The molecule has 0 amide bonds. The van der Waals surface area contributed by atoms with Crippen molar-refractivity contribution in [1.82, 2.24) is 9.80 Å². The van der Waals surface area contributed by atoms with Crippen LogP contribution in [0.5, 0.6) is 0 Å². The summed E-state index contributed by atoms with van der Waals surface area (Å²) < 4.78 is 38.4. The van der Waals surface area contributed by atoms with Crippen molar-refractivity contribution >= 4 is 11.5 Å². The molecule has 0 aliphatic carbocycles. The van der Waals surface area contributed by atoms with E-state index in [4.69, 9.17) is 0 Å². The lowest BCUT2D eigenvalue weighted by molar-refractivity contribution is -0.137. The van der Waals surface area contributed by atoms with Crippen molar-refractivity contribution in [2.24, 2.45) is 4.99 Å². The van der Waals surface area contributed by atoms with E-state index in [2.05, 4.69) is 23.7 Å². The van der Waals surface area contributed by atoms with Gasteiger partial charge in [0, 0.05) is 24.2 Å². The highest BCUT2D eigenvalue weighted by Gasteiger charge is 2.34. The van der Waals surface area contributed by atoms with E-state index < -0.39 is 18.0 Å². The summed E-state index contributed by atoms with van der Waals surface area (Å²) >= 11 is 0. The van der Waals surface area contributed by atoms with Gasteiger partial charge in [-0.25, -0.2) is 4.99 Å². The molecule has 0 saturated heterocycles. The van der Waals surface area contributed by atoms with Crippen LogP contribution in [-0.4, -0.2) is 46.9 Å². The number of hydrogen-bond donors (Lipinski definition) is 1. The topological polar surface area (TPSA) is 39.1 Å². The zero-order valence-electron chi connectivity index (χ0n) is 15.9. The maximum atomic E-state index is 12.8. The fourth-order valence-electron chi connectivity index (χ4n) is 3.35. The molecule has 28 heavy (non-hydrogen) atoms. The van der Waals surface area contributed by atoms with E-state index in [1.165, 1.54) is 12.1 Å². The average molecular weight is 391 g/mol. The SMILES string of the molecule is CCN(CC)CCN1C(=Nc2ccc(C(F)(F)F)cc2)c2ccccc2C1O. The molecule has 1 N–H and O–H groups in total. The van der Waals surface area contributed by atoms with Crippen molar-refractivity contribution < 1.29 is 18.3 Å². The van der Waals surface area contributed by atoms with Gasteiger partial charge in [-0.05, 0) is 37.4 Å². The molecule has 7 heteroatoms. The number of aliphatic hydroxyl groups is 1. The van der Waals surface area contributed by atoms with Gasteiger partial charge in [-0.15, -0.1) is 0 Å². The molecule has 150 valence electrons. The summed E-state index contributed by atoms with van der Waals surface area (Å²) in [5.74, 6) is 0.579. The van der Waals surface area contributed by atoms with Crippen molar-refractivity contribution in [3.63, 3.8) is 0 Å².